The highest BCUT2D eigenvalue weighted by Gasteiger charge is 2.10. The lowest BCUT2D eigenvalue weighted by molar-refractivity contribution is 0.588. The standard InChI is InChI=1S/C10H16NOP.ClH/c1-8(11)9-4-6-10(7-5-9)13(2,3)12;/h4-8H,11H2,1-3H3;1H. The fraction of sp³-hybridized carbons (Fsp3) is 0.400. The number of hydrogen-bond acceptors (Lipinski definition) is 2. The molecular weight excluding hydrogens is 217 g/mol. The van der Waals surface area contributed by atoms with Crippen LogP contribution in [-0.4, -0.2) is 13.3 Å². The minimum atomic E-state index is -2.11. The predicted octanol–water partition coefficient (Wildman–Crippen LogP) is 2.38. The summed E-state index contributed by atoms with van der Waals surface area (Å²) >= 11 is 0. The summed E-state index contributed by atoms with van der Waals surface area (Å²) in [6, 6.07) is 7.74. The molecule has 1 aromatic rings. The van der Waals surface area contributed by atoms with E-state index in [1.165, 1.54) is 0 Å². The maximum Gasteiger partial charge on any atom is 0.109 e. The van der Waals surface area contributed by atoms with E-state index in [2.05, 4.69) is 0 Å². The molecule has 2 N–H and O–H groups in total. The predicted molar refractivity (Wildman–Crippen MR) is 65.4 cm³/mol. The van der Waals surface area contributed by atoms with Crippen molar-refractivity contribution in [1.82, 2.24) is 0 Å². The number of rotatable bonds is 2. The third kappa shape index (κ3) is 3.45. The van der Waals surface area contributed by atoms with Crippen molar-refractivity contribution in [2.75, 3.05) is 13.3 Å². The van der Waals surface area contributed by atoms with Crippen LogP contribution in [0.5, 0.6) is 0 Å². The van der Waals surface area contributed by atoms with Crippen molar-refractivity contribution in [3.63, 3.8) is 0 Å². The van der Waals surface area contributed by atoms with Gasteiger partial charge in [0, 0.05) is 11.3 Å². The SMILES string of the molecule is CC(N)c1ccc(P(C)(C)=O)cc1.Cl. The van der Waals surface area contributed by atoms with Gasteiger partial charge in [-0.05, 0) is 25.8 Å². The van der Waals surface area contributed by atoms with Gasteiger partial charge in [-0.3, -0.25) is 0 Å². The molecule has 1 rings (SSSR count). The Morgan fingerprint density at radius 1 is 1.21 bits per heavy atom. The molecule has 0 aliphatic rings. The van der Waals surface area contributed by atoms with Crippen LogP contribution in [0.2, 0.25) is 0 Å². The van der Waals surface area contributed by atoms with Gasteiger partial charge in [0.15, 0.2) is 0 Å². The van der Waals surface area contributed by atoms with Crippen LogP contribution < -0.4 is 11.0 Å². The quantitative estimate of drug-likeness (QED) is 0.797. The zero-order chi connectivity index (χ0) is 10.1. The van der Waals surface area contributed by atoms with Crippen LogP contribution in [0.25, 0.3) is 0 Å². The van der Waals surface area contributed by atoms with Crippen LogP contribution in [0.1, 0.15) is 18.5 Å². The second-order valence-electron chi connectivity index (χ2n) is 3.73. The molecule has 0 bridgehead atoms. The smallest absolute Gasteiger partial charge is 0.109 e. The maximum absolute atomic E-state index is 11.7. The Labute approximate surface area is 91.7 Å². The number of nitrogens with two attached hydrogens (primary N) is 1. The van der Waals surface area contributed by atoms with E-state index >= 15 is 0 Å². The van der Waals surface area contributed by atoms with Crippen molar-refractivity contribution in [2.24, 2.45) is 5.73 Å². The summed E-state index contributed by atoms with van der Waals surface area (Å²) in [5.74, 6) is 0. The van der Waals surface area contributed by atoms with Crippen LogP contribution in [-0.2, 0) is 4.57 Å². The first-order chi connectivity index (χ1) is 5.91. The molecule has 1 aromatic carbocycles. The molecule has 0 spiro atoms. The monoisotopic (exact) mass is 233 g/mol. The average molecular weight is 234 g/mol. The molecule has 0 saturated carbocycles. The van der Waals surface area contributed by atoms with E-state index in [9.17, 15) is 4.57 Å². The molecule has 0 fully saturated rings. The Morgan fingerprint density at radius 3 is 1.93 bits per heavy atom. The van der Waals surface area contributed by atoms with E-state index in [1.807, 2.05) is 31.2 Å². The minimum Gasteiger partial charge on any atom is -0.324 e. The average Bonchev–Trinajstić information content (AvgIpc) is 2.03. The first-order valence-corrected chi connectivity index (χ1v) is 6.92. The van der Waals surface area contributed by atoms with Crippen molar-refractivity contribution in [3.05, 3.63) is 29.8 Å². The molecule has 2 nitrogen and oxygen atoms in total. The summed E-state index contributed by atoms with van der Waals surface area (Å²) in [7, 11) is -2.11. The molecule has 14 heavy (non-hydrogen) atoms. The van der Waals surface area contributed by atoms with Crippen molar-refractivity contribution in [2.45, 2.75) is 13.0 Å². The zero-order valence-electron chi connectivity index (χ0n) is 8.73. The summed E-state index contributed by atoms with van der Waals surface area (Å²) in [5.41, 5.74) is 6.78. The van der Waals surface area contributed by atoms with Crippen molar-refractivity contribution in [1.29, 1.82) is 0 Å². The Bertz CT molecular complexity index is 328. The molecule has 0 aliphatic heterocycles. The number of benzene rings is 1. The maximum atomic E-state index is 11.7. The minimum absolute atomic E-state index is 0. The Balaban J connectivity index is 0.00000169. The number of hydrogen-bond donors (Lipinski definition) is 1. The molecule has 80 valence electrons. The van der Waals surface area contributed by atoms with E-state index in [0.29, 0.717) is 0 Å². The fourth-order valence-corrected chi connectivity index (χ4v) is 2.00. The van der Waals surface area contributed by atoms with E-state index in [4.69, 9.17) is 5.73 Å². The van der Waals surface area contributed by atoms with Crippen LogP contribution in [0.15, 0.2) is 24.3 Å². The van der Waals surface area contributed by atoms with Gasteiger partial charge in [0.05, 0.1) is 0 Å². The van der Waals surface area contributed by atoms with Crippen LogP contribution in [0, 0.1) is 0 Å². The Hall–Kier alpha value is -0.300. The van der Waals surface area contributed by atoms with E-state index < -0.39 is 7.14 Å². The molecule has 1 unspecified atom stereocenters. The second-order valence-corrected chi connectivity index (χ2v) is 6.95. The highest BCUT2D eigenvalue weighted by Crippen LogP contribution is 2.34. The Kier molecular flexibility index (Phi) is 4.87. The van der Waals surface area contributed by atoms with Crippen LogP contribution in [0.3, 0.4) is 0 Å². The molecule has 0 aromatic heterocycles. The molecule has 0 radical (unpaired) electrons. The lowest BCUT2D eigenvalue weighted by atomic mass is 10.1. The molecule has 0 saturated heterocycles. The molecule has 0 heterocycles. The normalized spacial score (nSPS) is 13.1. The van der Waals surface area contributed by atoms with Gasteiger partial charge in [-0.15, -0.1) is 12.4 Å². The summed E-state index contributed by atoms with van der Waals surface area (Å²) in [6.45, 7) is 5.48. The third-order valence-corrected chi connectivity index (χ3v) is 3.58. The largest absolute Gasteiger partial charge is 0.324 e. The summed E-state index contributed by atoms with van der Waals surface area (Å²) in [6.07, 6.45) is 0. The highest BCUT2D eigenvalue weighted by atomic mass is 35.5. The van der Waals surface area contributed by atoms with E-state index in [-0.39, 0.29) is 18.4 Å². The van der Waals surface area contributed by atoms with Crippen molar-refractivity contribution < 1.29 is 4.57 Å². The van der Waals surface area contributed by atoms with Crippen LogP contribution >= 0.6 is 19.5 Å². The van der Waals surface area contributed by atoms with Gasteiger partial charge in [0.2, 0.25) is 0 Å². The van der Waals surface area contributed by atoms with Crippen molar-refractivity contribution >= 4 is 24.9 Å². The first-order valence-electron chi connectivity index (χ1n) is 4.32. The van der Waals surface area contributed by atoms with Gasteiger partial charge in [-0.25, -0.2) is 0 Å². The second kappa shape index (κ2) is 4.97. The molecule has 0 aliphatic carbocycles. The molecular formula is C10H17ClNOP. The van der Waals surface area contributed by atoms with E-state index in [0.717, 1.165) is 10.9 Å². The fourth-order valence-electron chi connectivity index (χ4n) is 1.14. The first kappa shape index (κ1) is 13.7. The van der Waals surface area contributed by atoms with Crippen LogP contribution in [0.4, 0.5) is 0 Å². The third-order valence-electron chi connectivity index (χ3n) is 2.04. The van der Waals surface area contributed by atoms with Gasteiger partial charge >= 0.3 is 0 Å². The van der Waals surface area contributed by atoms with Gasteiger partial charge < -0.3 is 10.3 Å². The van der Waals surface area contributed by atoms with Gasteiger partial charge in [-0.2, -0.15) is 0 Å². The Morgan fingerprint density at radius 2 is 1.64 bits per heavy atom. The van der Waals surface area contributed by atoms with Crippen molar-refractivity contribution in [3.8, 4) is 0 Å². The summed E-state index contributed by atoms with van der Waals surface area (Å²) < 4.78 is 11.7. The zero-order valence-corrected chi connectivity index (χ0v) is 10.4. The highest BCUT2D eigenvalue weighted by molar-refractivity contribution is 7.70. The lowest BCUT2D eigenvalue weighted by Gasteiger charge is -2.09. The topological polar surface area (TPSA) is 43.1 Å². The number of halogens is 1. The van der Waals surface area contributed by atoms with Gasteiger partial charge in [0.1, 0.15) is 7.14 Å². The molecule has 0 amide bonds. The lowest BCUT2D eigenvalue weighted by Crippen LogP contribution is -2.08. The molecule has 4 heteroatoms. The molecule has 1 atom stereocenters. The van der Waals surface area contributed by atoms with Gasteiger partial charge in [-0.1, -0.05) is 24.3 Å². The summed E-state index contributed by atoms with van der Waals surface area (Å²) in [4.78, 5) is 0. The van der Waals surface area contributed by atoms with Gasteiger partial charge in [0.25, 0.3) is 0 Å². The van der Waals surface area contributed by atoms with E-state index in [1.54, 1.807) is 13.3 Å². The summed E-state index contributed by atoms with van der Waals surface area (Å²) in [5, 5.41) is 0.914.